The van der Waals surface area contributed by atoms with Gasteiger partial charge >= 0.3 is 0 Å². The molecule has 1 aliphatic rings. The van der Waals surface area contributed by atoms with Crippen LogP contribution in [0.2, 0.25) is 0 Å². The smallest absolute Gasteiger partial charge is 0.224 e. The summed E-state index contributed by atoms with van der Waals surface area (Å²) in [6.45, 7) is 0. The summed E-state index contributed by atoms with van der Waals surface area (Å²) >= 11 is 3.37. The van der Waals surface area contributed by atoms with Gasteiger partial charge in [0.25, 0.3) is 0 Å². The van der Waals surface area contributed by atoms with Crippen molar-refractivity contribution >= 4 is 33.5 Å². The standard InChI is InChI=1S/C15H18BrNO3/c16-11-5-1-2-6-12(11)17-13(18)9-15(10-14(19)20)7-3-4-8-15/h1-2,5-6H,3-4,7-10H2,(H,17,18)(H,19,20)/p-1. The third-order valence-electron chi connectivity index (χ3n) is 3.87. The van der Waals surface area contributed by atoms with Crippen LogP contribution in [0.25, 0.3) is 0 Å². The van der Waals surface area contributed by atoms with Gasteiger partial charge in [0.1, 0.15) is 0 Å². The van der Waals surface area contributed by atoms with E-state index in [9.17, 15) is 14.7 Å². The lowest BCUT2D eigenvalue weighted by Gasteiger charge is -2.28. The van der Waals surface area contributed by atoms with E-state index in [0.29, 0.717) is 5.69 Å². The van der Waals surface area contributed by atoms with Crippen molar-refractivity contribution in [1.82, 2.24) is 0 Å². The van der Waals surface area contributed by atoms with Crippen LogP contribution in [0.1, 0.15) is 38.5 Å². The van der Waals surface area contributed by atoms with Crippen LogP contribution in [0, 0.1) is 5.41 Å². The number of rotatable bonds is 5. The average Bonchev–Trinajstić information content (AvgIpc) is 2.79. The van der Waals surface area contributed by atoms with Crippen molar-refractivity contribution in [2.75, 3.05) is 5.32 Å². The fourth-order valence-corrected chi connectivity index (χ4v) is 3.33. The Labute approximate surface area is 126 Å². The summed E-state index contributed by atoms with van der Waals surface area (Å²) in [5.41, 5.74) is 0.281. The number of carboxylic acid groups (broad SMARTS) is 1. The predicted molar refractivity (Wildman–Crippen MR) is 77.9 cm³/mol. The van der Waals surface area contributed by atoms with Crippen molar-refractivity contribution in [2.45, 2.75) is 38.5 Å². The number of benzene rings is 1. The van der Waals surface area contributed by atoms with Gasteiger partial charge in [-0.3, -0.25) is 4.79 Å². The molecule has 1 aliphatic carbocycles. The molecular formula is C15H17BrNO3-. The molecule has 1 N–H and O–H groups in total. The minimum absolute atomic E-state index is 0.0314. The summed E-state index contributed by atoms with van der Waals surface area (Å²) in [6, 6.07) is 7.37. The molecule has 1 fully saturated rings. The van der Waals surface area contributed by atoms with Crippen LogP contribution in [0.15, 0.2) is 28.7 Å². The molecule has 2 rings (SSSR count). The summed E-state index contributed by atoms with van der Waals surface area (Å²) in [7, 11) is 0. The first kappa shape index (κ1) is 15.0. The molecule has 108 valence electrons. The highest BCUT2D eigenvalue weighted by Crippen LogP contribution is 2.44. The van der Waals surface area contributed by atoms with E-state index in [2.05, 4.69) is 21.2 Å². The molecule has 1 aromatic carbocycles. The zero-order valence-corrected chi connectivity index (χ0v) is 12.7. The maximum atomic E-state index is 12.2. The second-order valence-electron chi connectivity index (χ2n) is 5.46. The van der Waals surface area contributed by atoms with Crippen molar-refractivity contribution in [1.29, 1.82) is 0 Å². The molecule has 5 heteroatoms. The summed E-state index contributed by atoms with van der Waals surface area (Å²) in [5.74, 6) is -1.21. The summed E-state index contributed by atoms with van der Waals surface area (Å²) in [5, 5.41) is 13.7. The zero-order chi connectivity index (χ0) is 14.6. The molecule has 0 spiro atoms. The van der Waals surface area contributed by atoms with Gasteiger partial charge in [-0.05, 0) is 52.7 Å². The van der Waals surface area contributed by atoms with Crippen molar-refractivity contribution in [3.05, 3.63) is 28.7 Å². The number of carboxylic acids is 1. The highest BCUT2D eigenvalue weighted by Gasteiger charge is 2.36. The van der Waals surface area contributed by atoms with Gasteiger partial charge in [-0.1, -0.05) is 25.0 Å². The Morgan fingerprint density at radius 1 is 1.20 bits per heavy atom. The largest absolute Gasteiger partial charge is 0.550 e. The number of hydrogen-bond donors (Lipinski definition) is 1. The van der Waals surface area contributed by atoms with E-state index in [1.807, 2.05) is 24.3 Å². The first-order valence-electron chi connectivity index (χ1n) is 6.75. The molecule has 4 nitrogen and oxygen atoms in total. The Bertz CT molecular complexity index is 510. The van der Waals surface area contributed by atoms with Crippen molar-refractivity contribution in [3.8, 4) is 0 Å². The Morgan fingerprint density at radius 2 is 1.85 bits per heavy atom. The first-order valence-corrected chi connectivity index (χ1v) is 7.54. The van der Waals surface area contributed by atoms with Crippen LogP contribution in [-0.2, 0) is 9.59 Å². The van der Waals surface area contributed by atoms with E-state index in [0.717, 1.165) is 30.2 Å². The lowest BCUT2D eigenvalue weighted by Crippen LogP contribution is -2.33. The van der Waals surface area contributed by atoms with Crippen LogP contribution in [0.5, 0.6) is 0 Å². The highest BCUT2D eigenvalue weighted by atomic mass is 79.9. The number of hydrogen-bond acceptors (Lipinski definition) is 3. The monoisotopic (exact) mass is 338 g/mol. The molecule has 0 bridgehead atoms. The van der Waals surface area contributed by atoms with Gasteiger partial charge in [0, 0.05) is 16.9 Å². The minimum Gasteiger partial charge on any atom is -0.550 e. The van der Waals surface area contributed by atoms with Gasteiger partial charge in [-0.15, -0.1) is 0 Å². The maximum absolute atomic E-state index is 12.2. The Hall–Kier alpha value is -1.36. The molecule has 0 heterocycles. The van der Waals surface area contributed by atoms with Gasteiger partial charge < -0.3 is 15.2 Å². The minimum atomic E-state index is -1.07. The first-order chi connectivity index (χ1) is 9.51. The highest BCUT2D eigenvalue weighted by molar-refractivity contribution is 9.10. The molecule has 0 aromatic heterocycles. The number of carbonyl (C=O) groups excluding carboxylic acids is 2. The number of para-hydroxylation sites is 1. The number of nitrogens with one attached hydrogen (secondary N) is 1. The third-order valence-corrected chi connectivity index (χ3v) is 4.56. The topological polar surface area (TPSA) is 69.2 Å². The van der Waals surface area contributed by atoms with E-state index in [4.69, 9.17) is 0 Å². The molecule has 0 saturated heterocycles. The molecule has 0 aliphatic heterocycles. The van der Waals surface area contributed by atoms with Crippen molar-refractivity contribution in [3.63, 3.8) is 0 Å². The van der Waals surface area contributed by atoms with E-state index >= 15 is 0 Å². The SMILES string of the molecule is O=C([O-])CC1(CC(=O)Nc2ccccc2Br)CCCC1. The van der Waals surface area contributed by atoms with Crippen LogP contribution in [0.4, 0.5) is 5.69 Å². The quantitative estimate of drug-likeness (QED) is 0.896. The lowest BCUT2D eigenvalue weighted by molar-refractivity contribution is -0.308. The van der Waals surface area contributed by atoms with Gasteiger partial charge in [-0.2, -0.15) is 0 Å². The third kappa shape index (κ3) is 3.82. The maximum Gasteiger partial charge on any atom is 0.224 e. The van der Waals surface area contributed by atoms with Gasteiger partial charge in [0.15, 0.2) is 0 Å². The van der Waals surface area contributed by atoms with Crippen LogP contribution < -0.4 is 10.4 Å². The Morgan fingerprint density at radius 3 is 2.45 bits per heavy atom. The van der Waals surface area contributed by atoms with Crippen molar-refractivity contribution < 1.29 is 14.7 Å². The fraction of sp³-hybridized carbons (Fsp3) is 0.467. The summed E-state index contributed by atoms with van der Waals surface area (Å²) in [6.07, 6.45) is 3.73. The summed E-state index contributed by atoms with van der Waals surface area (Å²) < 4.78 is 0.814. The second kappa shape index (κ2) is 6.39. The van der Waals surface area contributed by atoms with Gasteiger partial charge in [-0.25, -0.2) is 0 Å². The number of carbonyl (C=O) groups is 2. The molecule has 1 amide bonds. The van der Waals surface area contributed by atoms with Crippen LogP contribution in [-0.4, -0.2) is 11.9 Å². The molecule has 20 heavy (non-hydrogen) atoms. The van der Waals surface area contributed by atoms with Gasteiger partial charge in [0.2, 0.25) is 5.91 Å². The Balaban J connectivity index is 2.02. The summed E-state index contributed by atoms with van der Waals surface area (Å²) in [4.78, 5) is 23.1. The van der Waals surface area contributed by atoms with Gasteiger partial charge in [0.05, 0.1) is 5.69 Å². The number of amides is 1. The van der Waals surface area contributed by atoms with Crippen LogP contribution in [0.3, 0.4) is 0 Å². The number of anilines is 1. The average molecular weight is 339 g/mol. The Kier molecular flexibility index (Phi) is 4.81. The fourth-order valence-electron chi connectivity index (χ4n) is 2.94. The molecule has 1 aromatic rings. The number of aliphatic carboxylic acids is 1. The van der Waals surface area contributed by atoms with E-state index in [1.54, 1.807) is 0 Å². The van der Waals surface area contributed by atoms with E-state index in [1.165, 1.54) is 0 Å². The lowest BCUT2D eigenvalue weighted by atomic mass is 9.79. The molecule has 0 unspecified atom stereocenters. The normalized spacial score (nSPS) is 16.9. The van der Waals surface area contributed by atoms with Crippen molar-refractivity contribution in [2.24, 2.45) is 5.41 Å². The van der Waals surface area contributed by atoms with Crippen LogP contribution >= 0.6 is 15.9 Å². The molecule has 0 radical (unpaired) electrons. The van der Waals surface area contributed by atoms with E-state index < -0.39 is 11.4 Å². The molecular weight excluding hydrogens is 322 g/mol. The zero-order valence-electron chi connectivity index (χ0n) is 11.2. The number of halogens is 1. The molecule has 0 atom stereocenters. The van der Waals surface area contributed by atoms with E-state index in [-0.39, 0.29) is 18.7 Å². The second-order valence-corrected chi connectivity index (χ2v) is 6.32. The molecule has 1 saturated carbocycles. The predicted octanol–water partition coefficient (Wildman–Crippen LogP) is 2.48.